The van der Waals surface area contributed by atoms with Gasteiger partial charge >= 0.3 is 5.97 Å². The van der Waals surface area contributed by atoms with Gasteiger partial charge in [-0.25, -0.2) is 13.6 Å². The molecule has 0 aliphatic carbocycles. The molecule has 0 bridgehead atoms. The first kappa shape index (κ1) is 25.0. The van der Waals surface area contributed by atoms with Crippen molar-refractivity contribution in [3.63, 3.8) is 0 Å². The number of rotatable bonds is 10. The molecule has 0 fully saturated rings. The smallest absolute Gasteiger partial charge is 0.345 e. The van der Waals surface area contributed by atoms with Crippen molar-refractivity contribution in [3.8, 4) is 11.5 Å². The van der Waals surface area contributed by atoms with Crippen LogP contribution in [0, 0.1) is 21.7 Å². The number of carbonyl (C=O) groups excluding carboxylic acids is 3. The predicted molar refractivity (Wildman–Crippen MR) is 109 cm³/mol. The summed E-state index contributed by atoms with van der Waals surface area (Å²) >= 11 is 0. The highest BCUT2D eigenvalue weighted by atomic mass is 19.2. The lowest BCUT2D eigenvalue weighted by Crippen LogP contribution is -2.35. The summed E-state index contributed by atoms with van der Waals surface area (Å²) < 4.78 is 41.1. The van der Waals surface area contributed by atoms with Crippen molar-refractivity contribution in [3.05, 3.63) is 57.6 Å². The largest absolute Gasteiger partial charge is 0.493 e. The van der Waals surface area contributed by atoms with Crippen LogP contribution in [0.2, 0.25) is 0 Å². The van der Waals surface area contributed by atoms with E-state index in [0.29, 0.717) is 0 Å². The summed E-state index contributed by atoms with van der Waals surface area (Å²) in [4.78, 5) is 46.5. The number of carbonyl (C=O) groups is 3. The van der Waals surface area contributed by atoms with Gasteiger partial charge in [0.05, 0.1) is 31.3 Å². The Labute approximate surface area is 185 Å². The fourth-order valence-corrected chi connectivity index (χ4v) is 2.51. The van der Waals surface area contributed by atoms with E-state index >= 15 is 0 Å². The van der Waals surface area contributed by atoms with Crippen molar-refractivity contribution in [1.29, 1.82) is 0 Å². The minimum Gasteiger partial charge on any atom is -0.493 e. The summed E-state index contributed by atoms with van der Waals surface area (Å²) in [5.41, 5.74) is -1.11. The third kappa shape index (κ3) is 6.85. The van der Waals surface area contributed by atoms with Crippen molar-refractivity contribution in [2.24, 2.45) is 0 Å². The van der Waals surface area contributed by atoms with Crippen LogP contribution in [0.3, 0.4) is 0 Å². The van der Waals surface area contributed by atoms with Crippen molar-refractivity contribution < 1.29 is 42.3 Å². The first-order valence-electron chi connectivity index (χ1n) is 9.34. The van der Waals surface area contributed by atoms with Gasteiger partial charge in [-0.15, -0.1) is 0 Å². The SMILES string of the molecule is CCOc1cc([N+](=O)[O-])c(C(=O)OCC(=O)NCC(=O)Nc2ccc(F)c(F)c2)cc1OC. The van der Waals surface area contributed by atoms with Gasteiger partial charge in [-0.05, 0) is 19.1 Å². The van der Waals surface area contributed by atoms with Gasteiger partial charge in [-0.3, -0.25) is 19.7 Å². The monoisotopic (exact) mass is 467 g/mol. The summed E-state index contributed by atoms with van der Waals surface area (Å²) in [5.74, 6) is -4.97. The van der Waals surface area contributed by atoms with Gasteiger partial charge in [-0.1, -0.05) is 0 Å². The van der Waals surface area contributed by atoms with Gasteiger partial charge in [0, 0.05) is 17.8 Å². The molecule has 0 aliphatic heterocycles. The van der Waals surface area contributed by atoms with E-state index in [0.717, 1.165) is 30.3 Å². The van der Waals surface area contributed by atoms with Gasteiger partial charge in [0.15, 0.2) is 29.7 Å². The maximum atomic E-state index is 13.1. The molecule has 2 N–H and O–H groups in total. The molecule has 0 aromatic heterocycles. The number of amides is 2. The van der Waals surface area contributed by atoms with Crippen LogP contribution >= 0.6 is 0 Å². The Morgan fingerprint density at radius 3 is 2.39 bits per heavy atom. The summed E-state index contributed by atoms with van der Waals surface area (Å²) in [6, 6.07) is 4.76. The van der Waals surface area contributed by atoms with Crippen LogP contribution in [-0.4, -0.2) is 49.6 Å². The molecule has 0 radical (unpaired) electrons. The molecule has 2 aromatic rings. The second-order valence-corrected chi connectivity index (χ2v) is 6.24. The number of halogens is 2. The molecule has 176 valence electrons. The maximum absolute atomic E-state index is 13.1. The fraction of sp³-hybridized carbons (Fsp3) is 0.250. The molecule has 33 heavy (non-hydrogen) atoms. The lowest BCUT2D eigenvalue weighted by atomic mass is 10.1. The lowest BCUT2D eigenvalue weighted by Gasteiger charge is -2.12. The van der Waals surface area contributed by atoms with Gasteiger partial charge in [0.2, 0.25) is 5.91 Å². The second kappa shape index (κ2) is 11.4. The van der Waals surface area contributed by atoms with Crippen LogP contribution in [0.4, 0.5) is 20.2 Å². The minimum absolute atomic E-state index is 0.0312. The fourth-order valence-electron chi connectivity index (χ4n) is 2.51. The summed E-state index contributed by atoms with van der Waals surface area (Å²) in [6.07, 6.45) is 0. The average molecular weight is 467 g/mol. The van der Waals surface area contributed by atoms with E-state index in [1.807, 2.05) is 0 Å². The van der Waals surface area contributed by atoms with E-state index in [-0.39, 0.29) is 23.8 Å². The molecule has 0 atom stereocenters. The molecule has 2 amide bonds. The molecular formula is C20H19F2N3O8. The number of nitrogens with one attached hydrogen (secondary N) is 2. The summed E-state index contributed by atoms with van der Waals surface area (Å²) in [7, 11) is 1.28. The summed E-state index contributed by atoms with van der Waals surface area (Å²) in [5, 5.41) is 15.7. The number of ether oxygens (including phenoxy) is 3. The molecule has 0 spiro atoms. The molecule has 2 rings (SSSR count). The normalized spacial score (nSPS) is 10.2. The third-order valence-corrected chi connectivity index (χ3v) is 3.98. The predicted octanol–water partition coefficient (Wildman–Crippen LogP) is 2.19. The Morgan fingerprint density at radius 2 is 1.79 bits per heavy atom. The van der Waals surface area contributed by atoms with Crippen LogP contribution in [0.15, 0.2) is 30.3 Å². The quantitative estimate of drug-likeness (QED) is 0.307. The highest BCUT2D eigenvalue weighted by Crippen LogP contribution is 2.35. The van der Waals surface area contributed by atoms with Gasteiger partial charge < -0.3 is 24.8 Å². The number of methoxy groups -OCH3 is 1. The highest BCUT2D eigenvalue weighted by Gasteiger charge is 2.26. The molecule has 0 unspecified atom stereocenters. The first-order chi connectivity index (χ1) is 15.7. The molecule has 0 aliphatic rings. The van der Waals surface area contributed by atoms with Gasteiger partial charge in [0.25, 0.3) is 11.6 Å². The number of esters is 1. The Bertz CT molecular complexity index is 1080. The standard InChI is InChI=1S/C20H19F2N3O8/c1-3-32-17-8-15(25(29)30)12(7-16(17)31-2)20(28)33-10-19(27)23-9-18(26)24-11-4-5-13(21)14(22)6-11/h4-8H,3,9-10H2,1-2H3,(H,23,27)(H,24,26). The molecule has 11 nitrogen and oxygen atoms in total. The molecular weight excluding hydrogens is 448 g/mol. The number of nitrogens with zero attached hydrogens (tertiary/aromatic N) is 1. The average Bonchev–Trinajstić information content (AvgIpc) is 2.78. The number of benzene rings is 2. The minimum atomic E-state index is -1.18. The maximum Gasteiger partial charge on any atom is 0.345 e. The lowest BCUT2D eigenvalue weighted by molar-refractivity contribution is -0.385. The van der Waals surface area contributed by atoms with Crippen LogP contribution in [0.25, 0.3) is 0 Å². The van der Waals surface area contributed by atoms with E-state index in [1.165, 1.54) is 7.11 Å². The second-order valence-electron chi connectivity index (χ2n) is 6.24. The van der Waals surface area contributed by atoms with E-state index in [2.05, 4.69) is 10.6 Å². The van der Waals surface area contributed by atoms with Crippen molar-refractivity contribution in [2.75, 3.05) is 32.2 Å². The van der Waals surface area contributed by atoms with E-state index < -0.39 is 58.7 Å². The number of anilines is 1. The van der Waals surface area contributed by atoms with Crippen LogP contribution in [0.1, 0.15) is 17.3 Å². The highest BCUT2D eigenvalue weighted by molar-refractivity contribution is 5.97. The van der Waals surface area contributed by atoms with E-state index in [4.69, 9.17) is 14.2 Å². The Balaban J connectivity index is 1.95. The third-order valence-electron chi connectivity index (χ3n) is 3.98. The molecule has 2 aromatic carbocycles. The first-order valence-corrected chi connectivity index (χ1v) is 9.34. The molecule has 0 heterocycles. The van der Waals surface area contributed by atoms with Gasteiger partial charge in [-0.2, -0.15) is 0 Å². The van der Waals surface area contributed by atoms with Crippen LogP contribution in [0.5, 0.6) is 11.5 Å². The molecule has 13 heteroatoms. The van der Waals surface area contributed by atoms with E-state index in [9.17, 15) is 33.3 Å². The number of hydrogen-bond acceptors (Lipinski definition) is 8. The van der Waals surface area contributed by atoms with Crippen molar-refractivity contribution in [2.45, 2.75) is 6.92 Å². The van der Waals surface area contributed by atoms with E-state index in [1.54, 1.807) is 6.92 Å². The molecule has 0 saturated carbocycles. The van der Waals surface area contributed by atoms with Crippen LogP contribution < -0.4 is 20.1 Å². The number of hydrogen-bond donors (Lipinski definition) is 2. The van der Waals surface area contributed by atoms with Crippen LogP contribution in [-0.2, 0) is 14.3 Å². The van der Waals surface area contributed by atoms with Crippen molar-refractivity contribution >= 4 is 29.2 Å². The molecule has 0 saturated heterocycles. The topological polar surface area (TPSA) is 146 Å². The summed E-state index contributed by atoms with van der Waals surface area (Å²) in [6.45, 7) is 0.446. The Hall–Kier alpha value is -4.29. The number of nitro benzene ring substituents is 1. The zero-order chi connectivity index (χ0) is 24.5. The number of nitro groups is 1. The zero-order valence-corrected chi connectivity index (χ0v) is 17.5. The Morgan fingerprint density at radius 1 is 1.06 bits per heavy atom. The van der Waals surface area contributed by atoms with Crippen molar-refractivity contribution in [1.82, 2.24) is 5.32 Å². The van der Waals surface area contributed by atoms with Gasteiger partial charge in [0.1, 0.15) is 5.56 Å². The Kier molecular flexibility index (Phi) is 8.60. The zero-order valence-electron chi connectivity index (χ0n) is 17.5.